The molecule has 6 nitrogen and oxygen atoms in total. The third kappa shape index (κ3) is 7.12. The van der Waals surface area contributed by atoms with Gasteiger partial charge in [-0.05, 0) is 47.6 Å². The van der Waals surface area contributed by atoms with Crippen molar-refractivity contribution in [3.05, 3.63) is 18.3 Å². The Labute approximate surface area is 175 Å². The van der Waals surface area contributed by atoms with Gasteiger partial charge >= 0.3 is 0 Å². The van der Waals surface area contributed by atoms with Crippen molar-refractivity contribution in [2.24, 2.45) is 0 Å². The first kappa shape index (κ1) is 22.3. The molecule has 1 aromatic heterocycles. The summed E-state index contributed by atoms with van der Waals surface area (Å²) in [4.78, 5) is 6.79. The Morgan fingerprint density at radius 1 is 0.966 bits per heavy atom. The highest BCUT2D eigenvalue weighted by atomic mass is 16.5. The summed E-state index contributed by atoms with van der Waals surface area (Å²) in [5.41, 5.74) is 0.148. The van der Waals surface area contributed by atoms with E-state index < -0.39 is 0 Å². The zero-order valence-electron chi connectivity index (χ0n) is 18.9. The van der Waals surface area contributed by atoms with Crippen LogP contribution in [0, 0.1) is 0 Å². The van der Waals surface area contributed by atoms with Crippen molar-refractivity contribution in [3.8, 4) is 11.6 Å². The van der Waals surface area contributed by atoms with Crippen molar-refractivity contribution in [3.63, 3.8) is 0 Å². The fraction of sp³-hybridized carbons (Fsp3) is 0.783. The number of aromatic nitrogens is 1. The molecule has 164 valence electrons. The zero-order chi connectivity index (χ0) is 21.1. The predicted octanol–water partition coefficient (Wildman–Crippen LogP) is 4.07. The van der Waals surface area contributed by atoms with Gasteiger partial charge in [-0.2, -0.15) is 0 Å². The van der Waals surface area contributed by atoms with Gasteiger partial charge in [-0.25, -0.2) is 4.98 Å². The van der Waals surface area contributed by atoms with E-state index in [0.29, 0.717) is 24.7 Å². The van der Waals surface area contributed by atoms with Crippen molar-refractivity contribution in [1.29, 1.82) is 0 Å². The van der Waals surface area contributed by atoms with Crippen LogP contribution in [0.1, 0.15) is 60.8 Å². The summed E-state index contributed by atoms with van der Waals surface area (Å²) in [6.07, 6.45) is 5.30. The lowest BCUT2D eigenvalue weighted by Crippen LogP contribution is -2.59. The van der Waals surface area contributed by atoms with Gasteiger partial charge in [0.05, 0.1) is 37.2 Å². The third-order valence-corrected chi connectivity index (χ3v) is 5.28. The molecular weight excluding hydrogens is 368 g/mol. The number of ether oxygens (including phenoxy) is 4. The van der Waals surface area contributed by atoms with E-state index in [9.17, 15) is 0 Å². The average Bonchev–Trinajstić information content (AvgIpc) is 2.53. The molecule has 2 aliphatic rings. The van der Waals surface area contributed by atoms with Crippen molar-refractivity contribution in [2.75, 3.05) is 26.3 Å². The van der Waals surface area contributed by atoms with E-state index in [2.05, 4.69) is 51.4 Å². The smallest absolute Gasteiger partial charge is 0.213 e. The molecule has 1 saturated heterocycles. The highest BCUT2D eigenvalue weighted by molar-refractivity contribution is 5.23. The molecule has 1 aromatic rings. The lowest BCUT2D eigenvalue weighted by molar-refractivity contribution is -0.127. The number of rotatable bonds is 9. The number of likely N-dealkylation sites (tertiary alicyclic amines) is 1. The van der Waals surface area contributed by atoms with E-state index in [1.165, 1.54) is 0 Å². The molecule has 0 atom stereocenters. The minimum atomic E-state index is -0.0947. The first-order valence-electron chi connectivity index (χ1n) is 10.9. The summed E-state index contributed by atoms with van der Waals surface area (Å²) in [6.45, 7) is 16.4. The maximum Gasteiger partial charge on any atom is 0.213 e. The van der Waals surface area contributed by atoms with Crippen molar-refractivity contribution < 1.29 is 18.9 Å². The van der Waals surface area contributed by atoms with Crippen LogP contribution in [0.4, 0.5) is 0 Å². The molecule has 29 heavy (non-hydrogen) atoms. The Morgan fingerprint density at radius 3 is 2.28 bits per heavy atom. The summed E-state index contributed by atoms with van der Waals surface area (Å²) in [6, 6.07) is 3.79. The number of nitrogens with zero attached hydrogens (tertiary/aromatic N) is 2. The quantitative estimate of drug-likeness (QED) is 0.576. The normalized spacial score (nSPS) is 23.4. The molecule has 1 aliphatic carbocycles. The van der Waals surface area contributed by atoms with Gasteiger partial charge < -0.3 is 18.9 Å². The van der Waals surface area contributed by atoms with Crippen LogP contribution in [0.3, 0.4) is 0 Å². The highest BCUT2D eigenvalue weighted by Crippen LogP contribution is 2.31. The Balaban J connectivity index is 1.24. The van der Waals surface area contributed by atoms with Gasteiger partial charge in [0.1, 0.15) is 11.9 Å². The molecule has 6 heteroatoms. The third-order valence-electron chi connectivity index (χ3n) is 5.28. The topological polar surface area (TPSA) is 53.1 Å². The van der Waals surface area contributed by atoms with Gasteiger partial charge in [0, 0.05) is 44.0 Å². The summed E-state index contributed by atoms with van der Waals surface area (Å²) < 4.78 is 23.5. The summed E-state index contributed by atoms with van der Waals surface area (Å²) in [5, 5.41) is 0. The Hall–Kier alpha value is -1.37. The Morgan fingerprint density at radius 2 is 1.69 bits per heavy atom. The van der Waals surface area contributed by atoms with Gasteiger partial charge in [-0.15, -0.1) is 0 Å². The molecule has 1 saturated carbocycles. The number of hydrogen-bond donors (Lipinski definition) is 0. The Kier molecular flexibility index (Phi) is 7.07. The van der Waals surface area contributed by atoms with E-state index in [1.807, 2.05) is 12.1 Å². The maximum atomic E-state index is 5.94. The van der Waals surface area contributed by atoms with Gasteiger partial charge in [-0.3, -0.25) is 4.90 Å². The van der Waals surface area contributed by atoms with Crippen LogP contribution < -0.4 is 9.47 Å². The van der Waals surface area contributed by atoms with E-state index >= 15 is 0 Å². The van der Waals surface area contributed by atoms with E-state index in [0.717, 1.165) is 44.7 Å². The van der Waals surface area contributed by atoms with Crippen LogP contribution in [0.2, 0.25) is 0 Å². The van der Waals surface area contributed by atoms with Crippen molar-refractivity contribution >= 4 is 0 Å². The van der Waals surface area contributed by atoms with Crippen LogP contribution in [0.15, 0.2) is 18.3 Å². The maximum absolute atomic E-state index is 5.94. The minimum absolute atomic E-state index is 0.0947. The van der Waals surface area contributed by atoms with Crippen molar-refractivity contribution in [1.82, 2.24) is 9.88 Å². The van der Waals surface area contributed by atoms with E-state index in [-0.39, 0.29) is 17.2 Å². The van der Waals surface area contributed by atoms with E-state index in [1.54, 1.807) is 6.20 Å². The van der Waals surface area contributed by atoms with E-state index in [4.69, 9.17) is 18.9 Å². The molecule has 0 N–H and O–H groups in total. The molecule has 0 bridgehead atoms. The molecule has 0 radical (unpaired) electrons. The molecule has 1 aliphatic heterocycles. The minimum Gasteiger partial charge on any atom is -0.492 e. The summed E-state index contributed by atoms with van der Waals surface area (Å²) >= 11 is 0. The number of hydrogen-bond acceptors (Lipinski definition) is 6. The van der Waals surface area contributed by atoms with Gasteiger partial charge in [0.25, 0.3) is 0 Å². The fourth-order valence-electron chi connectivity index (χ4n) is 3.49. The predicted molar refractivity (Wildman–Crippen MR) is 114 cm³/mol. The second kappa shape index (κ2) is 9.19. The fourth-order valence-corrected chi connectivity index (χ4v) is 3.49. The molecule has 0 aromatic carbocycles. The first-order chi connectivity index (χ1) is 13.6. The van der Waals surface area contributed by atoms with Crippen molar-refractivity contribution in [2.45, 2.75) is 90.3 Å². The standard InChI is InChI=1S/C23H38N2O4/c1-22(2,3)25-15-20(16-25)27-11-7-10-26-17-8-9-21(24-14-17)28-18-12-19(13-18)29-23(4,5)6/h8-9,14,18-20H,7,10-13,15-16H2,1-6H3. The second-order valence-electron chi connectivity index (χ2n) is 10.2. The molecule has 0 amide bonds. The molecule has 2 heterocycles. The Bertz CT molecular complexity index is 624. The van der Waals surface area contributed by atoms with Crippen LogP contribution >= 0.6 is 0 Å². The van der Waals surface area contributed by atoms with Gasteiger partial charge in [0.15, 0.2) is 0 Å². The van der Waals surface area contributed by atoms with Crippen LogP contribution in [-0.2, 0) is 9.47 Å². The van der Waals surface area contributed by atoms with Gasteiger partial charge in [0.2, 0.25) is 5.88 Å². The SMILES string of the molecule is CC(C)(C)OC1CC(Oc2ccc(OCCCOC3CN(C(C)(C)C)C3)cn2)C1. The molecule has 2 fully saturated rings. The molecule has 0 spiro atoms. The van der Waals surface area contributed by atoms with Crippen LogP contribution in [-0.4, -0.2) is 65.6 Å². The molecule has 0 unspecified atom stereocenters. The monoisotopic (exact) mass is 406 g/mol. The first-order valence-corrected chi connectivity index (χ1v) is 10.9. The lowest BCUT2D eigenvalue weighted by Gasteiger charge is -2.47. The molecular formula is C23H38N2O4. The summed E-state index contributed by atoms with van der Waals surface area (Å²) in [5.74, 6) is 1.41. The van der Waals surface area contributed by atoms with Gasteiger partial charge in [-0.1, -0.05) is 0 Å². The average molecular weight is 407 g/mol. The second-order valence-corrected chi connectivity index (χ2v) is 10.2. The lowest BCUT2D eigenvalue weighted by atomic mass is 9.91. The largest absolute Gasteiger partial charge is 0.492 e. The molecule has 3 rings (SSSR count). The summed E-state index contributed by atoms with van der Waals surface area (Å²) in [7, 11) is 0. The van der Waals surface area contributed by atoms with Crippen LogP contribution in [0.5, 0.6) is 11.6 Å². The van der Waals surface area contributed by atoms with Crippen LogP contribution in [0.25, 0.3) is 0 Å². The number of pyridine rings is 1. The highest BCUT2D eigenvalue weighted by Gasteiger charge is 2.35. The zero-order valence-corrected chi connectivity index (χ0v) is 18.9.